The second-order valence-corrected chi connectivity index (χ2v) is 7.14. The van der Waals surface area contributed by atoms with Crippen LogP contribution in [0.2, 0.25) is 0 Å². The standard InChI is InChI=1S/C14H23N3O3S/c1-2-7-15-14-10-13(6-8-16-14)21(19,20)17-9-4-3-5-12(17)11-18/h6,8,10,12,18H,2-5,7,9,11H2,1H3,(H,15,16). The fourth-order valence-electron chi connectivity index (χ4n) is 2.53. The predicted molar refractivity (Wildman–Crippen MR) is 81.6 cm³/mol. The summed E-state index contributed by atoms with van der Waals surface area (Å²) in [5.74, 6) is 0.565. The molecule has 7 heteroatoms. The number of nitrogens with one attached hydrogen (secondary N) is 1. The Morgan fingerprint density at radius 3 is 3.00 bits per heavy atom. The average Bonchev–Trinajstić information content (AvgIpc) is 2.53. The van der Waals surface area contributed by atoms with Crippen molar-refractivity contribution in [1.82, 2.24) is 9.29 Å². The monoisotopic (exact) mass is 313 g/mol. The highest BCUT2D eigenvalue weighted by Crippen LogP contribution is 2.25. The lowest BCUT2D eigenvalue weighted by atomic mass is 10.1. The number of hydrogen-bond donors (Lipinski definition) is 2. The Kier molecular flexibility index (Phi) is 5.55. The molecule has 1 aromatic rings. The molecule has 1 aliphatic rings. The predicted octanol–water partition coefficient (Wildman–Crippen LogP) is 1.44. The summed E-state index contributed by atoms with van der Waals surface area (Å²) < 4.78 is 26.9. The van der Waals surface area contributed by atoms with Gasteiger partial charge in [-0.2, -0.15) is 4.31 Å². The molecule has 21 heavy (non-hydrogen) atoms. The molecule has 0 radical (unpaired) electrons. The molecule has 0 aliphatic carbocycles. The zero-order valence-corrected chi connectivity index (χ0v) is 13.1. The third-order valence-electron chi connectivity index (χ3n) is 3.68. The van der Waals surface area contributed by atoms with Gasteiger partial charge in [0.2, 0.25) is 10.0 Å². The van der Waals surface area contributed by atoms with E-state index in [0.717, 1.165) is 25.8 Å². The van der Waals surface area contributed by atoms with E-state index in [1.54, 1.807) is 6.07 Å². The van der Waals surface area contributed by atoms with Crippen LogP contribution in [0.4, 0.5) is 5.82 Å². The summed E-state index contributed by atoms with van der Waals surface area (Å²) in [6.07, 6.45) is 4.94. The Labute approximate surface area is 126 Å². The molecule has 1 atom stereocenters. The van der Waals surface area contributed by atoms with Gasteiger partial charge in [-0.25, -0.2) is 13.4 Å². The molecule has 1 unspecified atom stereocenters. The molecule has 1 fully saturated rings. The lowest BCUT2D eigenvalue weighted by Crippen LogP contribution is -2.45. The molecule has 0 spiro atoms. The first kappa shape index (κ1) is 16.2. The minimum atomic E-state index is -3.58. The first-order valence-corrected chi connectivity index (χ1v) is 8.86. The molecular weight excluding hydrogens is 290 g/mol. The van der Waals surface area contributed by atoms with Crippen molar-refractivity contribution >= 4 is 15.8 Å². The molecule has 1 aliphatic heterocycles. The summed E-state index contributed by atoms with van der Waals surface area (Å²) in [6.45, 7) is 3.12. The van der Waals surface area contributed by atoms with E-state index in [-0.39, 0.29) is 17.5 Å². The zero-order valence-electron chi connectivity index (χ0n) is 12.3. The molecule has 118 valence electrons. The SMILES string of the molecule is CCCNc1cc(S(=O)(=O)N2CCCCC2CO)ccn1. The van der Waals surface area contributed by atoms with E-state index in [1.807, 2.05) is 6.92 Å². The van der Waals surface area contributed by atoms with E-state index in [4.69, 9.17) is 0 Å². The number of rotatable bonds is 6. The lowest BCUT2D eigenvalue weighted by Gasteiger charge is -2.33. The van der Waals surface area contributed by atoms with Crippen molar-refractivity contribution in [3.63, 3.8) is 0 Å². The molecule has 2 rings (SSSR count). The maximum Gasteiger partial charge on any atom is 0.243 e. The first-order valence-electron chi connectivity index (χ1n) is 7.42. The molecule has 1 saturated heterocycles. The molecule has 0 bridgehead atoms. The first-order chi connectivity index (χ1) is 10.1. The summed E-state index contributed by atoms with van der Waals surface area (Å²) in [4.78, 5) is 4.36. The van der Waals surface area contributed by atoms with Gasteiger partial charge in [0.25, 0.3) is 0 Å². The third kappa shape index (κ3) is 3.72. The van der Waals surface area contributed by atoms with Gasteiger partial charge in [0, 0.05) is 31.4 Å². The summed E-state index contributed by atoms with van der Waals surface area (Å²) in [5, 5.41) is 12.5. The van der Waals surface area contributed by atoms with Crippen molar-refractivity contribution in [3.05, 3.63) is 18.3 Å². The molecule has 6 nitrogen and oxygen atoms in total. The van der Waals surface area contributed by atoms with Gasteiger partial charge in [-0.1, -0.05) is 13.3 Å². The number of sulfonamides is 1. The normalized spacial score (nSPS) is 20.4. The largest absolute Gasteiger partial charge is 0.395 e. The second kappa shape index (κ2) is 7.20. The molecule has 0 aromatic carbocycles. The highest BCUT2D eigenvalue weighted by atomic mass is 32.2. The number of aliphatic hydroxyl groups excluding tert-OH is 1. The van der Waals surface area contributed by atoms with Crippen molar-refractivity contribution < 1.29 is 13.5 Å². The van der Waals surface area contributed by atoms with Gasteiger partial charge >= 0.3 is 0 Å². The molecule has 2 heterocycles. The van der Waals surface area contributed by atoms with Crippen molar-refractivity contribution in [1.29, 1.82) is 0 Å². The highest BCUT2D eigenvalue weighted by molar-refractivity contribution is 7.89. The molecule has 2 N–H and O–H groups in total. The average molecular weight is 313 g/mol. The van der Waals surface area contributed by atoms with Crippen LogP contribution >= 0.6 is 0 Å². The quantitative estimate of drug-likeness (QED) is 0.830. The molecule has 1 aromatic heterocycles. The summed E-state index contributed by atoms with van der Waals surface area (Å²) >= 11 is 0. The van der Waals surface area contributed by atoms with E-state index in [0.29, 0.717) is 18.8 Å². The van der Waals surface area contributed by atoms with Gasteiger partial charge in [0.1, 0.15) is 5.82 Å². The maximum atomic E-state index is 12.7. The Hall–Kier alpha value is -1.18. The molecule has 0 amide bonds. The van der Waals surface area contributed by atoms with Gasteiger partial charge in [-0.05, 0) is 25.3 Å². The van der Waals surface area contributed by atoms with Crippen LogP contribution in [0.3, 0.4) is 0 Å². The van der Waals surface area contributed by atoms with E-state index in [2.05, 4.69) is 10.3 Å². The van der Waals surface area contributed by atoms with Crippen LogP contribution in [-0.4, -0.2) is 48.6 Å². The Balaban J connectivity index is 2.25. The van der Waals surface area contributed by atoms with E-state index in [9.17, 15) is 13.5 Å². The Morgan fingerprint density at radius 1 is 1.48 bits per heavy atom. The van der Waals surface area contributed by atoms with Gasteiger partial charge in [0.15, 0.2) is 0 Å². The smallest absolute Gasteiger partial charge is 0.243 e. The number of hydrogen-bond acceptors (Lipinski definition) is 5. The zero-order chi connectivity index (χ0) is 15.3. The van der Waals surface area contributed by atoms with Crippen LogP contribution in [0.5, 0.6) is 0 Å². The van der Waals surface area contributed by atoms with Gasteiger partial charge in [-0.3, -0.25) is 0 Å². The lowest BCUT2D eigenvalue weighted by molar-refractivity contribution is 0.155. The van der Waals surface area contributed by atoms with Crippen LogP contribution in [0.1, 0.15) is 32.6 Å². The summed E-state index contributed by atoms with van der Waals surface area (Å²) in [7, 11) is -3.58. The van der Waals surface area contributed by atoms with Crippen LogP contribution in [0.15, 0.2) is 23.2 Å². The minimum Gasteiger partial charge on any atom is -0.395 e. The second-order valence-electron chi connectivity index (χ2n) is 5.25. The third-order valence-corrected chi connectivity index (χ3v) is 5.63. The van der Waals surface area contributed by atoms with Crippen molar-refractivity contribution in [2.75, 3.05) is 25.0 Å². The van der Waals surface area contributed by atoms with Crippen molar-refractivity contribution in [3.8, 4) is 0 Å². The number of nitrogens with zero attached hydrogens (tertiary/aromatic N) is 2. The topological polar surface area (TPSA) is 82.5 Å². The van der Waals surface area contributed by atoms with Crippen LogP contribution in [0, 0.1) is 0 Å². The number of piperidine rings is 1. The summed E-state index contributed by atoms with van der Waals surface area (Å²) in [5.41, 5.74) is 0. The van der Waals surface area contributed by atoms with Crippen LogP contribution < -0.4 is 5.32 Å². The van der Waals surface area contributed by atoms with E-state index in [1.165, 1.54) is 16.6 Å². The summed E-state index contributed by atoms with van der Waals surface area (Å²) in [6, 6.07) is 2.76. The van der Waals surface area contributed by atoms with Gasteiger partial charge in [-0.15, -0.1) is 0 Å². The van der Waals surface area contributed by atoms with Gasteiger partial charge < -0.3 is 10.4 Å². The maximum absolute atomic E-state index is 12.7. The number of aromatic nitrogens is 1. The Morgan fingerprint density at radius 2 is 2.29 bits per heavy atom. The van der Waals surface area contributed by atoms with Crippen LogP contribution in [-0.2, 0) is 10.0 Å². The number of aliphatic hydroxyl groups is 1. The minimum absolute atomic E-state index is 0.134. The number of anilines is 1. The highest BCUT2D eigenvalue weighted by Gasteiger charge is 2.33. The fraction of sp³-hybridized carbons (Fsp3) is 0.643. The number of pyridine rings is 1. The molecule has 0 saturated carbocycles. The van der Waals surface area contributed by atoms with Crippen molar-refractivity contribution in [2.45, 2.75) is 43.5 Å². The Bertz CT molecular complexity index is 562. The van der Waals surface area contributed by atoms with Crippen LogP contribution in [0.25, 0.3) is 0 Å². The van der Waals surface area contributed by atoms with Crippen molar-refractivity contribution in [2.24, 2.45) is 0 Å². The van der Waals surface area contributed by atoms with Gasteiger partial charge in [0.05, 0.1) is 11.5 Å². The van der Waals surface area contributed by atoms with E-state index >= 15 is 0 Å². The van der Waals surface area contributed by atoms with E-state index < -0.39 is 10.0 Å². The molecular formula is C14H23N3O3S. The fourth-order valence-corrected chi connectivity index (χ4v) is 4.23.